The number of anilines is 1. The lowest BCUT2D eigenvalue weighted by molar-refractivity contribution is 0.102. The Morgan fingerprint density at radius 2 is 1.81 bits per heavy atom. The summed E-state index contributed by atoms with van der Waals surface area (Å²) in [5.41, 5.74) is 1.34. The number of carbonyl (C=O) groups is 1. The molecule has 0 radical (unpaired) electrons. The van der Waals surface area contributed by atoms with E-state index in [-0.39, 0.29) is 5.91 Å². The van der Waals surface area contributed by atoms with Gasteiger partial charge in [-0.1, -0.05) is 12.1 Å². The van der Waals surface area contributed by atoms with Crippen molar-refractivity contribution in [1.29, 1.82) is 0 Å². The van der Waals surface area contributed by atoms with E-state index >= 15 is 0 Å². The van der Waals surface area contributed by atoms with Crippen LogP contribution in [0.15, 0.2) is 53.3 Å². The number of pyridine rings is 1. The van der Waals surface area contributed by atoms with E-state index in [2.05, 4.69) is 26.2 Å². The van der Waals surface area contributed by atoms with Crippen molar-refractivity contribution in [2.75, 3.05) is 5.32 Å². The van der Waals surface area contributed by atoms with Gasteiger partial charge in [-0.25, -0.2) is 0 Å². The first-order chi connectivity index (χ1) is 7.77. The van der Waals surface area contributed by atoms with Crippen LogP contribution < -0.4 is 5.32 Å². The predicted octanol–water partition coefficient (Wildman–Crippen LogP) is 3.10. The van der Waals surface area contributed by atoms with Crippen LogP contribution in [-0.2, 0) is 0 Å². The van der Waals surface area contributed by atoms with E-state index in [1.54, 1.807) is 24.5 Å². The van der Waals surface area contributed by atoms with Crippen LogP contribution in [0, 0.1) is 0 Å². The zero-order chi connectivity index (χ0) is 11.4. The molecule has 0 unspecified atom stereocenters. The molecule has 0 atom stereocenters. The molecule has 0 fully saturated rings. The third kappa shape index (κ3) is 2.46. The third-order valence-corrected chi connectivity index (χ3v) is 2.76. The lowest BCUT2D eigenvalue weighted by Gasteiger charge is -2.06. The molecule has 2 rings (SSSR count). The molecule has 0 aliphatic heterocycles. The van der Waals surface area contributed by atoms with Crippen molar-refractivity contribution in [3.05, 3.63) is 58.8 Å². The zero-order valence-electron chi connectivity index (χ0n) is 8.35. The van der Waals surface area contributed by atoms with Gasteiger partial charge in [0, 0.05) is 22.4 Å². The van der Waals surface area contributed by atoms with Crippen molar-refractivity contribution < 1.29 is 4.79 Å². The Morgan fingerprint density at radius 3 is 2.50 bits per heavy atom. The van der Waals surface area contributed by atoms with E-state index in [4.69, 9.17) is 0 Å². The second kappa shape index (κ2) is 4.90. The van der Waals surface area contributed by atoms with Crippen LogP contribution >= 0.6 is 15.9 Å². The highest BCUT2D eigenvalue weighted by Gasteiger charge is 2.06. The Kier molecular flexibility index (Phi) is 3.31. The lowest BCUT2D eigenvalue weighted by atomic mass is 10.2. The SMILES string of the molecule is O=C(Nc1ccccc1Br)c1ccncc1. The quantitative estimate of drug-likeness (QED) is 0.916. The number of benzene rings is 1. The molecular formula is C12H9BrN2O. The molecule has 1 heterocycles. The van der Waals surface area contributed by atoms with Crippen molar-refractivity contribution in [1.82, 2.24) is 4.98 Å². The van der Waals surface area contributed by atoms with Gasteiger partial charge in [-0.3, -0.25) is 9.78 Å². The van der Waals surface area contributed by atoms with Crippen molar-refractivity contribution in [3.63, 3.8) is 0 Å². The minimum absolute atomic E-state index is 0.144. The van der Waals surface area contributed by atoms with Gasteiger partial charge in [-0.15, -0.1) is 0 Å². The average Bonchev–Trinajstić information content (AvgIpc) is 2.33. The summed E-state index contributed by atoms with van der Waals surface area (Å²) in [5, 5.41) is 2.81. The van der Waals surface area contributed by atoms with Gasteiger partial charge in [0.2, 0.25) is 0 Å². The number of amides is 1. The van der Waals surface area contributed by atoms with Gasteiger partial charge >= 0.3 is 0 Å². The number of rotatable bonds is 2. The van der Waals surface area contributed by atoms with E-state index in [1.165, 1.54) is 0 Å². The molecule has 1 aromatic carbocycles. The molecule has 0 saturated heterocycles. The summed E-state index contributed by atoms with van der Waals surface area (Å²) in [6, 6.07) is 10.8. The molecule has 1 amide bonds. The number of hydrogen-bond donors (Lipinski definition) is 1. The zero-order valence-corrected chi connectivity index (χ0v) is 9.94. The average molecular weight is 277 g/mol. The molecule has 0 aliphatic carbocycles. The molecule has 0 spiro atoms. The molecule has 1 aromatic heterocycles. The summed E-state index contributed by atoms with van der Waals surface area (Å²) in [7, 11) is 0. The first-order valence-electron chi connectivity index (χ1n) is 4.73. The number of halogens is 1. The van der Waals surface area contributed by atoms with Gasteiger partial charge in [0.1, 0.15) is 0 Å². The van der Waals surface area contributed by atoms with E-state index in [1.807, 2.05) is 24.3 Å². The standard InChI is InChI=1S/C12H9BrN2O/c13-10-3-1-2-4-11(10)15-12(16)9-5-7-14-8-6-9/h1-8H,(H,15,16). The second-order valence-electron chi connectivity index (χ2n) is 3.17. The highest BCUT2D eigenvalue weighted by Crippen LogP contribution is 2.21. The number of aromatic nitrogens is 1. The minimum Gasteiger partial charge on any atom is -0.321 e. The van der Waals surface area contributed by atoms with Crippen molar-refractivity contribution in [2.45, 2.75) is 0 Å². The van der Waals surface area contributed by atoms with Gasteiger partial charge in [0.15, 0.2) is 0 Å². The molecule has 4 heteroatoms. The number of nitrogens with one attached hydrogen (secondary N) is 1. The summed E-state index contributed by atoms with van der Waals surface area (Å²) >= 11 is 3.37. The highest BCUT2D eigenvalue weighted by molar-refractivity contribution is 9.10. The molecule has 0 aliphatic rings. The van der Waals surface area contributed by atoms with Gasteiger partial charge in [0.25, 0.3) is 5.91 Å². The second-order valence-corrected chi connectivity index (χ2v) is 4.02. The van der Waals surface area contributed by atoms with Gasteiger partial charge in [0.05, 0.1) is 5.69 Å². The Hall–Kier alpha value is -1.68. The van der Waals surface area contributed by atoms with Crippen molar-refractivity contribution in [2.24, 2.45) is 0 Å². The van der Waals surface area contributed by atoms with Crippen LogP contribution in [-0.4, -0.2) is 10.9 Å². The first-order valence-corrected chi connectivity index (χ1v) is 5.52. The van der Waals surface area contributed by atoms with Crippen molar-refractivity contribution >= 4 is 27.5 Å². The molecule has 1 N–H and O–H groups in total. The monoisotopic (exact) mass is 276 g/mol. The predicted molar refractivity (Wildman–Crippen MR) is 66.3 cm³/mol. The maximum absolute atomic E-state index is 11.8. The molecular weight excluding hydrogens is 268 g/mol. The molecule has 16 heavy (non-hydrogen) atoms. The van der Waals surface area contributed by atoms with E-state index < -0.39 is 0 Å². The third-order valence-electron chi connectivity index (χ3n) is 2.06. The maximum Gasteiger partial charge on any atom is 0.255 e. The molecule has 80 valence electrons. The molecule has 3 nitrogen and oxygen atoms in total. The molecule has 0 bridgehead atoms. The Bertz CT molecular complexity index is 499. The number of nitrogens with zero attached hydrogens (tertiary/aromatic N) is 1. The fourth-order valence-corrected chi connectivity index (χ4v) is 1.64. The van der Waals surface area contributed by atoms with Crippen LogP contribution in [0.4, 0.5) is 5.69 Å². The summed E-state index contributed by atoms with van der Waals surface area (Å²) < 4.78 is 0.859. The van der Waals surface area contributed by atoms with Gasteiger partial charge < -0.3 is 5.32 Å². The van der Waals surface area contributed by atoms with Crippen LogP contribution in [0.5, 0.6) is 0 Å². The fourth-order valence-electron chi connectivity index (χ4n) is 1.26. The van der Waals surface area contributed by atoms with E-state index in [0.717, 1.165) is 10.2 Å². The van der Waals surface area contributed by atoms with Gasteiger partial charge in [-0.2, -0.15) is 0 Å². The number of hydrogen-bond acceptors (Lipinski definition) is 2. The number of carbonyl (C=O) groups excluding carboxylic acids is 1. The lowest BCUT2D eigenvalue weighted by Crippen LogP contribution is -2.12. The van der Waals surface area contributed by atoms with E-state index in [0.29, 0.717) is 5.56 Å². The number of para-hydroxylation sites is 1. The summed E-state index contributed by atoms with van der Waals surface area (Å²) in [5.74, 6) is -0.144. The Balaban J connectivity index is 2.18. The Labute approximate surface area is 102 Å². The van der Waals surface area contributed by atoms with Crippen LogP contribution in [0.25, 0.3) is 0 Å². The largest absolute Gasteiger partial charge is 0.321 e. The van der Waals surface area contributed by atoms with Crippen molar-refractivity contribution in [3.8, 4) is 0 Å². The topological polar surface area (TPSA) is 42.0 Å². The maximum atomic E-state index is 11.8. The summed E-state index contributed by atoms with van der Waals surface area (Å²) in [6.45, 7) is 0. The van der Waals surface area contributed by atoms with Crippen LogP contribution in [0.1, 0.15) is 10.4 Å². The normalized spacial score (nSPS) is 9.81. The van der Waals surface area contributed by atoms with Gasteiger partial charge in [-0.05, 0) is 40.2 Å². The fraction of sp³-hybridized carbons (Fsp3) is 0. The minimum atomic E-state index is -0.144. The Morgan fingerprint density at radius 1 is 1.12 bits per heavy atom. The van der Waals surface area contributed by atoms with E-state index in [9.17, 15) is 4.79 Å². The van der Waals surface area contributed by atoms with Crippen LogP contribution in [0.3, 0.4) is 0 Å². The molecule has 2 aromatic rings. The first kappa shape index (κ1) is 10.8. The smallest absolute Gasteiger partial charge is 0.255 e. The highest BCUT2D eigenvalue weighted by atomic mass is 79.9. The van der Waals surface area contributed by atoms with Crippen LogP contribution in [0.2, 0.25) is 0 Å². The molecule has 0 saturated carbocycles. The summed E-state index contributed by atoms with van der Waals surface area (Å²) in [6.07, 6.45) is 3.18. The summed E-state index contributed by atoms with van der Waals surface area (Å²) in [4.78, 5) is 15.7.